The fourth-order valence-electron chi connectivity index (χ4n) is 2.56. The Kier molecular flexibility index (Phi) is 4.83. The lowest BCUT2D eigenvalue weighted by Gasteiger charge is -2.28. The van der Waals surface area contributed by atoms with Gasteiger partial charge in [-0.25, -0.2) is 0 Å². The highest BCUT2D eigenvalue weighted by molar-refractivity contribution is 5.73. The number of ether oxygens (including phenoxy) is 2. The maximum absolute atomic E-state index is 11.9. The number of cyclic esters (lactones) is 1. The van der Waals surface area contributed by atoms with Gasteiger partial charge in [0.1, 0.15) is 11.9 Å². The van der Waals surface area contributed by atoms with Crippen molar-refractivity contribution in [2.75, 3.05) is 6.61 Å². The minimum absolute atomic E-state index is 0.0352. The Labute approximate surface area is 114 Å². The molecule has 1 fully saturated rings. The molecule has 0 radical (unpaired) electrons. The zero-order chi connectivity index (χ0) is 13.7. The van der Waals surface area contributed by atoms with Crippen LogP contribution in [0, 0.1) is 5.92 Å². The molecule has 0 saturated carbocycles. The van der Waals surface area contributed by atoms with Gasteiger partial charge in [0.15, 0.2) is 0 Å². The van der Waals surface area contributed by atoms with E-state index in [2.05, 4.69) is 6.92 Å². The van der Waals surface area contributed by atoms with Crippen LogP contribution in [-0.4, -0.2) is 12.6 Å². The quantitative estimate of drug-likeness (QED) is 0.755. The van der Waals surface area contributed by atoms with Crippen molar-refractivity contribution in [2.24, 2.45) is 5.92 Å². The summed E-state index contributed by atoms with van der Waals surface area (Å²) in [4.78, 5) is 11.9. The number of carbonyl (C=O) groups is 1. The van der Waals surface area contributed by atoms with Gasteiger partial charge >= 0.3 is 5.97 Å². The van der Waals surface area contributed by atoms with E-state index in [0.29, 0.717) is 6.61 Å². The van der Waals surface area contributed by atoms with Gasteiger partial charge in [0.05, 0.1) is 12.5 Å². The van der Waals surface area contributed by atoms with E-state index in [1.807, 2.05) is 31.2 Å². The monoisotopic (exact) mass is 262 g/mol. The molecular weight excluding hydrogens is 240 g/mol. The third-order valence-electron chi connectivity index (χ3n) is 3.57. The molecule has 0 amide bonds. The number of hydrogen-bond donors (Lipinski definition) is 0. The van der Waals surface area contributed by atoms with Crippen molar-refractivity contribution in [3.8, 4) is 5.75 Å². The van der Waals surface area contributed by atoms with E-state index >= 15 is 0 Å². The number of carbonyl (C=O) groups excluding carboxylic acids is 1. The predicted octanol–water partition coefficient (Wildman–Crippen LogP) is 3.88. The Balaban J connectivity index is 1.98. The second kappa shape index (κ2) is 6.60. The lowest BCUT2D eigenvalue weighted by Crippen LogP contribution is -2.26. The normalized spacial score (nSPS) is 22.9. The summed E-state index contributed by atoms with van der Waals surface area (Å²) in [5.41, 5.74) is 1.06. The van der Waals surface area contributed by atoms with Crippen molar-refractivity contribution in [2.45, 2.75) is 45.6 Å². The third kappa shape index (κ3) is 3.49. The SMILES string of the molecule is CCCC1CCC(c2ccc(OCC)cc2)OC1=O. The summed E-state index contributed by atoms with van der Waals surface area (Å²) in [6.07, 6.45) is 3.74. The van der Waals surface area contributed by atoms with Gasteiger partial charge in [-0.05, 0) is 43.9 Å². The van der Waals surface area contributed by atoms with E-state index in [1.165, 1.54) is 0 Å². The minimum atomic E-state index is -0.0868. The Hall–Kier alpha value is -1.51. The van der Waals surface area contributed by atoms with Crippen molar-refractivity contribution in [1.29, 1.82) is 0 Å². The summed E-state index contributed by atoms with van der Waals surface area (Å²) in [6.45, 7) is 4.73. The van der Waals surface area contributed by atoms with Gasteiger partial charge in [-0.1, -0.05) is 25.5 Å². The van der Waals surface area contributed by atoms with Crippen LogP contribution in [0.4, 0.5) is 0 Å². The van der Waals surface area contributed by atoms with Crippen LogP contribution in [0.15, 0.2) is 24.3 Å². The topological polar surface area (TPSA) is 35.5 Å². The van der Waals surface area contributed by atoms with Crippen LogP contribution < -0.4 is 4.74 Å². The van der Waals surface area contributed by atoms with E-state index in [-0.39, 0.29) is 18.0 Å². The number of benzene rings is 1. The maximum atomic E-state index is 11.9. The van der Waals surface area contributed by atoms with Crippen molar-refractivity contribution in [3.63, 3.8) is 0 Å². The van der Waals surface area contributed by atoms with E-state index in [0.717, 1.165) is 37.0 Å². The van der Waals surface area contributed by atoms with E-state index in [1.54, 1.807) is 0 Å². The zero-order valence-corrected chi connectivity index (χ0v) is 11.7. The molecule has 2 rings (SSSR count). The van der Waals surface area contributed by atoms with Crippen molar-refractivity contribution in [3.05, 3.63) is 29.8 Å². The third-order valence-corrected chi connectivity index (χ3v) is 3.57. The number of esters is 1. The minimum Gasteiger partial charge on any atom is -0.494 e. The average Bonchev–Trinajstić information content (AvgIpc) is 2.43. The van der Waals surface area contributed by atoms with Crippen molar-refractivity contribution in [1.82, 2.24) is 0 Å². The first-order chi connectivity index (χ1) is 9.24. The highest BCUT2D eigenvalue weighted by atomic mass is 16.5. The molecule has 0 spiro atoms. The zero-order valence-electron chi connectivity index (χ0n) is 11.7. The standard InChI is InChI=1S/C16H22O3/c1-3-5-13-8-11-15(19-16(13)17)12-6-9-14(10-7-12)18-4-2/h6-7,9-10,13,15H,3-5,8,11H2,1-2H3. The Bertz CT molecular complexity index is 411. The Morgan fingerprint density at radius 3 is 2.53 bits per heavy atom. The summed E-state index contributed by atoms with van der Waals surface area (Å²) in [7, 11) is 0. The van der Waals surface area contributed by atoms with Crippen molar-refractivity contribution >= 4 is 5.97 Å². The molecule has 0 aliphatic carbocycles. The van der Waals surface area contributed by atoms with E-state index < -0.39 is 0 Å². The second-order valence-electron chi connectivity index (χ2n) is 4.99. The first kappa shape index (κ1) is 13.9. The maximum Gasteiger partial charge on any atom is 0.309 e. The molecular formula is C16H22O3. The molecule has 1 aliphatic rings. The molecule has 19 heavy (non-hydrogen) atoms. The van der Waals surface area contributed by atoms with E-state index in [9.17, 15) is 4.79 Å². The molecule has 1 aliphatic heterocycles. The molecule has 1 heterocycles. The van der Waals surface area contributed by atoms with Crippen LogP contribution in [0.25, 0.3) is 0 Å². The van der Waals surface area contributed by atoms with Gasteiger partial charge in [0, 0.05) is 0 Å². The molecule has 1 aromatic carbocycles. The van der Waals surface area contributed by atoms with Gasteiger partial charge in [-0.3, -0.25) is 4.79 Å². The van der Waals surface area contributed by atoms with Gasteiger partial charge < -0.3 is 9.47 Å². The highest BCUT2D eigenvalue weighted by Gasteiger charge is 2.30. The van der Waals surface area contributed by atoms with Crippen LogP contribution in [0.1, 0.15) is 51.2 Å². The summed E-state index contributed by atoms with van der Waals surface area (Å²) in [5, 5.41) is 0. The van der Waals surface area contributed by atoms with Gasteiger partial charge in [-0.15, -0.1) is 0 Å². The van der Waals surface area contributed by atoms with Crippen LogP contribution >= 0.6 is 0 Å². The summed E-state index contributed by atoms with van der Waals surface area (Å²) in [6, 6.07) is 7.85. The fourth-order valence-corrected chi connectivity index (χ4v) is 2.56. The smallest absolute Gasteiger partial charge is 0.309 e. The molecule has 2 atom stereocenters. The molecule has 104 valence electrons. The average molecular weight is 262 g/mol. The van der Waals surface area contributed by atoms with Crippen LogP contribution in [-0.2, 0) is 9.53 Å². The largest absolute Gasteiger partial charge is 0.494 e. The molecule has 0 N–H and O–H groups in total. The van der Waals surface area contributed by atoms with E-state index in [4.69, 9.17) is 9.47 Å². The number of rotatable bonds is 5. The molecule has 0 bridgehead atoms. The molecule has 3 nitrogen and oxygen atoms in total. The summed E-state index contributed by atoms with van der Waals surface area (Å²) < 4.78 is 11.0. The molecule has 3 heteroatoms. The molecule has 2 unspecified atom stereocenters. The van der Waals surface area contributed by atoms with Crippen LogP contribution in [0.3, 0.4) is 0 Å². The predicted molar refractivity (Wildman–Crippen MR) is 74.1 cm³/mol. The first-order valence-corrected chi connectivity index (χ1v) is 7.17. The molecule has 1 aromatic rings. The summed E-state index contributed by atoms with van der Waals surface area (Å²) in [5.74, 6) is 0.924. The molecule has 0 aromatic heterocycles. The fraction of sp³-hybridized carbons (Fsp3) is 0.562. The lowest BCUT2D eigenvalue weighted by molar-refractivity contribution is -0.161. The summed E-state index contributed by atoms with van der Waals surface area (Å²) >= 11 is 0. The van der Waals surface area contributed by atoms with Crippen LogP contribution in [0.2, 0.25) is 0 Å². The molecule has 1 saturated heterocycles. The van der Waals surface area contributed by atoms with Gasteiger partial charge in [0.25, 0.3) is 0 Å². The number of hydrogen-bond acceptors (Lipinski definition) is 3. The Morgan fingerprint density at radius 2 is 1.95 bits per heavy atom. The van der Waals surface area contributed by atoms with Gasteiger partial charge in [-0.2, -0.15) is 0 Å². The van der Waals surface area contributed by atoms with Crippen LogP contribution in [0.5, 0.6) is 5.75 Å². The lowest BCUT2D eigenvalue weighted by atomic mass is 9.91. The second-order valence-corrected chi connectivity index (χ2v) is 4.99. The Morgan fingerprint density at radius 1 is 1.21 bits per heavy atom. The first-order valence-electron chi connectivity index (χ1n) is 7.17. The van der Waals surface area contributed by atoms with Gasteiger partial charge in [0.2, 0.25) is 0 Å². The van der Waals surface area contributed by atoms with Crippen molar-refractivity contribution < 1.29 is 14.3 Å². The highest BCUT2D eigenvalue weighted by Crippen LogP contribution is 2.33.